The third-order valence-corrected chi connectivity index (χ3v) is 4.77. The number of aromatic amines is 1. The molecule has 0 saturated carbocycles. The molecule has 1 unspecified atom stereocenters. The molecule has 5 nitrogen and oxygen atoms in total. The number of nitrogens with one attached hydrogen (secondary N) is 1. The molecule has 1 atom stereocenters. The minimum atomic E-state index is 0.673. The van der Waals surface area contributed by atoms with Crippen LogP contribution in [0.25, 0.3) is 11.0 Å². The largest absolute Gasteiger partial charge is 0.356 e. The molecule has 3 aromatic heterocycles. The van der Waals surface area contributed by atoms with Gasteiger partial charge in [-0.2, -0.15) is 0 Å². The van der Waals surface area contributed by atoms with Gasteiger partial charge in [0.2, 0.25) is 0 Å². The van der Waals surface area contributed by atoms with E-state index in [1.807, 2.05) is 12.4 Å². The first-order valence-corrected chi connectivity index (χ1v) is 8.30. The van der Waals surface area contributed by atoms with Gasteiger partial charge in [0.15, 0.2) is 0 Å². The van der Waals surface area contributed by atoms with Crippen molar-refractivity contribution in [1.29, 1.82) is 0 Å². The van der Waals surface area contributed by atoms with E-state index in [1.165, 1.54) is 22.9 Å². The Morgan fingerprint density at radius 3 is 2.96 bits per heavy atom. The van der Waals surface area contributed by atoms with Crippen molar-refractivity contribution in [1.82, 2.24) is 19.9 Å². The van der Waals surface area contributed by atoms with Crippen LogP contribution in [0.3, 0.4) is 0 Å². The van der Waals surface area contributed by atoms with E-state index in [-0.39, 0.29) is 0 Å². The first-order chi connectivity index (χ1) is 11.3. The standard InChI is InChI=1S/C18H21N5/c1-2-15-10-20-17-16(15)18(22-12-21-17)23-8-5-14(11-23)9-13-3-6-19-7-4-13/h3-4,6-7,10,12,14H,2,5,8-9,11H2,1H3,(H,20,21,22). The summed E-state index contributed by atoms with van der Waals surface area (Å²) in [4.78, 5) is 18.8. The molecule has 0 aromatic carbocycles. The quantitative estimate of drug-likeness (QED) is 0.805. The third kappa shape index (κ3) is 2.67. The van der Waals surface area contributed by atoms with Gasteiger partial charge in [-0.25, -0.2) is 9.97 Å². The average molecular weight is 307 g/mol. The molecular formula is C18H21N5. The summed E-state index contributed by atoms with van der Waals surface area (Å²) in [5.41, 5.74) is 3.62. The van der Waals surface area contributed by atoms with E-state index in [9.17, 15) is 0 Å². The zero-order valence-corrected chi connectivity index (χ0v) is 13.4. The van der Waals surface area contributed by atoms with E-state index < -0.39 is 0 Å². The summed E-state index contributed by atoms with van der Waals surface area (Å²) in [6.45, 7) is 4.30. The van der Waals surface area contributed by atoms with Gasteiger partial charge >= 0.3 is 0 Å². The molecule has 0 bridgehead atoms. The average Bonchev–Trinajstić information content (AvgIpc) is 3.22. The molecule has 0 amide bonds. The molecule has 4 heterocycles. The number of hydrogen-bond donors (Lipinski definition) is 1. The second-order valence-corrected chi connectivity index (χ2v) is 6.25. The monoisotopic (exact) mass is 307 g/mol. The Bertz CT molecular complexity index is 796. The maximum atomic E-state index is 4.60. The lowest BCUT2D eigenvalue weighted by atomic mass is 10.00. The fourth-order valence-corrected chi connectivity index (χ4v) is 3.57. The number of hydrogen-bond acceptors (Lipinski definition) is 4. The molecule has 5 heteroatoms. The smallest absolute Gasteiger partial charge is 0.143 e. The second-order valence-electron chi connectivity index (χ2n) is 6.25. The molecule has 1 aliphatic heterocycles. The number of pyridine rings is 1. The summed E-state index contributed by atoms with van der Waals surface area (Å²) in [6.07, 6.45) is 10.8. The van der Waals surface area contributed by atoms with E-state index in [1.54, 1.807) is 6.33 Å². The maximum Gasteiger partial charge on any atom is 0.143 e. The number of aromatic nitrogens is 4. The van der Waals surface area contributed by atoms with Crippen LogP contribution in [0.4, 0.5) is 5.82 Å². The lowest BCUT2D eigenvalue weighted by Crippen LogP contribution is -2.21. The molecule has 0 aliphatic carbocycles. The van der Waals surface area contributed by atoms with Gasteiger partial charge in [-0.1, -0.05) is 6.92 Å². The molecule has 3 aromatic rings. The molecule has 1 saturated heterocycles. The van der Waals surface area contributed by atoms with Gasteiger partial charge in [0.25, 0.3) is 0 Å². The zero-order chi connectivity index (χ0) is 15.6. The Hall–Kier alpha value is -2.43. The van der Waals surface area contributed by atoms with Gasteiger partial charge < -0.3 is 9.88 Å². The van der Waals surface area contributed by atoms with E-state index in [0.29, 0.717) is 5.92 Å². The van der Waals surface area contributed by atoms with Gasteiger partial charge in [0.05, 0.1) is 5.39 Å². The highest BCUT2D eigenvalue weighted by atomic mass is 15.2. The van der Waals surface area contributed by atoms with Crippen molar-refractivity contribution >= 4 is 16.9 Å². The van der Waals surface area contributed by atoms with E-state index in [2.05, 4.69) is 50.1 Å². The van der Waals surface area contributed by atoms with Gasteiger partial charge in [-0.3, -0.25) is 4.98 Å². The fraction of sp³-hybridized carbons (Fsp3) is 0.389. The SMILES string of the molecule is CCc1c[nH]c2ncnc(N3CCC(Cc4ccncc4)C3)c12. The number of nitrogens with zero attached hydrogens (tertiary/aromatic N) is 4. The topological polar surface area (TPSA) is 57.7 Å². The van der Waals surface area contributed by atoms with Crippen molar-refractivity contribution in [2.45, 2.75) is 26.2 Å². The van der Waals surface area contributed by atoms with Crippen LogP contribution in [0.1, 0.15) is 24.5 Å². The Morgan fingerprint density at radius 1 is 1.26 bits per heavy atom. The maximum absolute atomic E-state index is 4.60. The first kappa shape index (κ1) is 14.2. The molecule has 118 valence electrons. The predicted molar refractivity (Wildman–Crippen MR) is 91.5 cm³/mol. The van der Waals surface area contributed by atoms with Crippen molar-refractivity contribution in [2.24, 2.45) is 5.92 Å². The number of H-pyrrole nitrogens is 1. The molecule has 1 fully saturated rings. The van der Waals surface area contributed by atoms with Crippen molar-refractivity contribution in [2.75, 3.05) is 18.0 Å². The molecule has 1 aliphatic rings. The van der Waals surface area contributed by atoms with E-state index in [0.717, 1.165) is 37.4 Å². The predicted octanol–water partition coefficient (Wildman–Crippen LogP) is 2.98. The van der Waals surface area contributed by atoms with Crippen molar-refractivity contribution in [3.63, 3.8) is 0 Å². The second kappa shape index (κ2) is 5.99. The van der Waals surface area contributed by atoms with Crippen molar-refractivity contribution in [3.8, 4) is 0 Å². The molecule has 4 rings (SSSR count). The molecular weight excluding hydrogens is 286 g/mol. The minimum absolute atomic E-state index is 0.673. The fourth-order valence-electron chi connectivity index (χ4n) is 3.57. The third-order valence-electron chi connectivity index (χ3n) is 4.77. The first-order valence-electron chi connectivity index (χ1n) is 8.30. The Labute approximate surface area is 135 Å². The Balaban J connectivity index is 1.57. The Morgan fingerprint density at radius 2 is 2.13 bits per heavy atom. The highest BCUT2D eigenvalue weighted by Crippen LogP contribution is 2.31. The highest BCUT2D eigenvalue weighted by Gasteiger charge is 2.26. The lowest BCUT2D eigenvalue weighted by Gasteiger charge is -2.19. The van der Waals surface area contributed by atoms with Gasteiger partial charge in [-0.15, -0.1) is 0 Å². The molecule has 1 N–H and O–H groups in total. The van der Waals surface area contributed by atoms with Crippen LogP contribution in [-0.2, 0) is 12.8 Å². The van der Waals surface area contributed by atoms with Gasteiger partial charge in [-0.05, 0) is 48.4 Å². The summed E-state index contributed by atoms with van der Waals surface area (Å²) in [6, 6.07) is 4.24. The minimum Gasteiger partial charge on any atom is -0.356 e. The van der Waals surface area contributed by atoms with Crippen LogP contribution in [0.2, 0.25) is 0 Å². The summed E-state index contributed by atoms with van der Waals surface area (Å²) < 4.78 is 0. The molecule has 23 heavy (non-hydrogen) atoms. The van der Waals surface area contributed by atoms with Gasteiger partial charge in [0.1, 0.15) is 17.8 Å². The molecule has 0 radical (unpaired) electrons. The zero-order valence-electron chi connectivity index (χ0n) is 13.4. The number of anilines is 1. The highest BCUT2D eigenvalue weighted by molar-refractivity contribution is 5.90. The summed E-state index contributed by atoms with van der Waals surface area (Å²) in [5.74, 6) is 1.76. The van der Waals surface area contributed by atoms with Crippen LogP contribution in [-0.4, -0.2) is 33.0 Å². The summed E-state index contributed by atoms with van der Waals surface area (Å²) in [7, 11) is 0. The molecule has 0 spiro atoms. The normalized spacial score (nSPS) is 18.0. The van der Waals surface area contributed by atoms with Gasteiger partial charge in [0, 0.05) is 31.7 Å². The number of rotatable bonds is 4. The lowest BCUT2D eigenvalue weighted by molar-refractivity contribution is 0.586. The summed E-state index contributed by atoms with van der Waals surface area (Å²) in [5, 5.41) is 1.19. The van der Waals surface area contributed by atoms with Crippen LogP contribution in [0, 0.1) is 5.92 Å². The number of aryl methyl sites for hydroxylation is 1. The van der Waals surface area contributed by atoms with Crippen LogP contribution in [0.5, 0.6) is 0 Å². The van der Waals surface area contributed by atoms with E-state index in [4.69, 9.17) is 0 Å². The van der Waals surface area contributed by atoms with Crippen LogP contribution in [0.15, 0.2) is 37.1 Å². The van der Waals surface area contributed by atoms with E-state index >= 15 is 0 Å². The van der Waals surface area contributed by atoms with Crippen molar-refractivity contribution < 1.29 is 0 Å². The summed E-state index contributed by atoms with van der Waals surface area (Å²) >= 11 is 0. The Kier molecular flexibility index (Phi) is 3.69. The van der Waals surface area contributed by atoms with Crippen molar-refractivity contribution in [3.05, 3.63) is 48.2 Å². The number of fused-ring (bicyclic) bond motifs is 1. The van der Waals surface area contributed by atoms with Crippen LogP contribution < -0.4 is 4.90 Å². The van der Waals surface area contributed by atoms with Crippen LogP contribution >= 0.6 is 0 Å².